The number of aliphatic hydroxyl groups is 8. The van der Waals surface area contributed by atoms with E-state index in [4.69, 9.17) is 59.7 Å². The van der Waals surface area contributed by atoms with Gasteiger partial charge in [-0.15, -0.1) is 0 Å². The quantitative estimate of drug-likeness (QED) is 0.0237. The van der Waals surface area contributed by atoms with Crippen molar-refractivity contribution in [1.82, 2.24) is 31.1 Å². The molecule has 4 rings (SSSR count). The number of β-amino-alcohol motifs (C(OH)–C–C–N with tert-alkyl or cyclic N) is 1. The largest absolute Gasteiger partial charge is 0.780 e. The fraction of sp³-hybridized carbons (Fsp3) is 0.875. The standard InChI is InChI=1S/C64H115N7O27P2S/c1-42(75)68-56-60(85)58(83)51(38-73)96-63(56)91-30-17-12-22-48(78)33-44(19-11-16-27-66-53(80)23-13-18-31-92-64-57(69-43(2)76)61(86)59(84)52(39-74)97-64)62(87)67-28-15-6-8-21-47(77)20-7-3-4-9-24-54(81)70-36-49(79)34-45(70)40-94-99(88,89)98-50-35-46(41-95-100(90,101)93-32-29-72)71(37-50)55(82)25-10-5-14-26-65/h44-46,49-52,56-61,63-64,72-74,79,83-86H,3-41,65H2,1-2H3,(H,66,80)(H,67,87)(H,68,75)(H,69,76)(H,88,89)(H,90,101)/p-2/t44-,45?,46?,49-,50-,51?,52?,56-,57?,58+,59?,60-,61?,63?,64-,100?/m1/s1. The molecule has 0 radical (unpaired) electrons. The highest BCUT2D eigenvalue weighted by Crippen LogP contribution is 2.45. The van der Waals surface area contributed by atoms with Crippen LogP contribution in [0.3, 0.4) is 0 Å². The van der Waals surface area contributed by atoms with Crippen molar-refractivity contribution in [3.05, 3.63) is 0 Å². The molecule has 4 fully saturated rings. The van der Waals surface area contributed by atoms with Crippen molar-refractivity contribution in [3.8, 4) is 0 Å². The van der Waals surface area contributed by atoms with Crippen LogP contribution in [-0.2, 0) is 91.8 Å². The van der Waals surface area contributed by atoms with Crippen LogP contribution in [0.4, 0.5) is 0 Å². The summed E-state index contributed by atoms with van der Waals surface area (Å²) in [6.07, 6.45) is -2.20. The van der Waals surface area contributed by atoms with Gasteiger partial charge in [0.15, 0.2) is 12.6 Å². The van der Waals surface area contributed by atoms with E-state index < -0.39 is 144 Å². The lowest BCUT2D eigenvalue weighted by Gasteiger charge is -2.42. The molecule has 584 valence electrons. The van der Waals surface area contributed by atoms with Crippen LogP contribution in [0.2, 0.25) is 0 Å². The van der Waals surface area contributed by atoms with Gasteiger partial charge in [-0.3, -0.25) is 42.9 Å². The molecule has 101 heavy (non-hydrogen) atoms. The molecule has 0 bridgehead atoms. The number of Topliss-reactive ketones (excluding diaryl/α,β-unsaturated/α-hetero) is 2. The molecule has 4 heterocycles. The van der Waals surface area contributed by atoms with E-state index in [-0.39, 0.29) is 120 Å². The lowest BCUT2D eigenvalue weighted by atomic mass is 9.93. The summed E-state index contributed by atoms with van der Waals surface area (Å²) in [7, 11) is -5.04. The summed E-state index contributed by atoms with van der Waals surface area (Å²) in [5.74, 6) is -2.91. The van der Waals surface area contributed by atoms with Crippen LogP contribution in [0.15, 0.2) is 0 Å². The van der Waals surface area contributed by atoms with Crippen molar-refractivity contribution in [2.75, 3.05) is 85.6 Å². The number of nitrogens with one attached hydrogen (secondary N) is 4. The first-order valence-corrected chi connectivity index (χ1v) is 39.6. The number of hydrogen-bond acceptors (Lipinski definition) is 29. The van der Waals surface area contributed by atoms with Gasteiger partial charge in [-0.25, -0.2) is 0 Å². The lowest BCUT2D eigenvalue weighted by Crippen LogP contribution is -2.64. The van der Waals surface area contributed by atoms with E-state index in [2.05, 4.69) is 21.3 Å². The molecule has 14 N–H and O–H groups in total. The number of carbonyl (C=O) groups is 8. The Kier molecular flexibility index (Phi) is 43.0. The normalized spacial score (nSPS) is 26.7. The van der Waals surface area contributed by atoms with E-state index in [0.717, 1.165) is 0 Å². The highest BCUT2D eigenvalue weighted by atomic mass is 32.5. The van der Waals surface area contributed by atoms with Crippen LogP contribution in [0.1, 0.15) is 181 Å². The van der Waals surface area contributed by atoms with Crippen molar-refractivity contribution >= 4 is 73.4 Å². The highest BCUT2D eigenvalue weighted by Gasteiger charge is 2.47. The van der Waals surface area contributed by atoms with E-state index >= 15 is 0 Å². The zero-order chi connectivity index (χ0) is 74.5. The van der Waals surface area contributed by atoms with Gasteiger partial charge in [0.25, 0.3) is 7.82 Å². The number of carbonyl (C=O) groups excluding carboxylic acids is 8. The fourth-order valence-electron chi connectivity index (χ4n) is 12.4. The second-order valence-corrected chi connectivity index (χ2v) is 30.4. The van der Waals surface area contributed by atoms with E-state index in [1.54, 1.807) is 0 Å². The molecule has 4 saturated heterocycles. The van der Waals surface area contributed by atoms with Crippen LogP contribution in [0, 0.1) is 5.92 Å². The van der Waals surface area contributed by atoms with Crippen LogP contribution < -0.4 is 36.8 Å². The van der Waals surface area contributed by atoms with Crippen molar-refractivity contribution in [1.29, 1.82) is 0 Å². The number of ketones is 2. The molecule has 0 aliphatic carbocycles. The summed E-state index contributed by atoms with van der Waals surface area (Å²) in [6.45, 7) is -3.35. The number of nitrogens with zero attached hydrogens (tertiary/aromatic N) is 2. The Labute approximate surface area is 596 Å². The third-order valence-corrected chi connectivity index (χ3v) is 20.5. The predicted molar refractivity (Wildman–Crippen MR) is 360 cm³/mol. The summed E-state index contributed by atoms with van der Waals surface area (Å²) < 4.78 is 56.7. The van der Waals surface area contributed by atoms with Crippen LogP contribution in [-0.4, -0.2) is 269 Å². The van der Waals surface area contributed by atoms with Gasteiger partial charge in [0.1, 0.15) is 67.0 Å². The second-order valence-electron chi connectivity index (χ2n) is 26.3. The van der Waals surface area contributed by atoms with Gasteiger partial charge in [0, 0.05) is 104 Å². The molecule has 0 aromatic carbocycles. The van der Waals surface area contributed by atoms with Crippen molar-refractivity contribution < 1.29 is 131 Å². The van der Waals surface area contributed by atoms with Crippen LogP contribution in [0.5, 0.6) is 0 Å². The molecule has 0 spiro atoms. The Balaban J connectivity index is 1.15. The summed E-state index contributed by atoms with van der Waals surface area (Å²) in [4.78, 5) is 131. The summed E-state index contributed by atoms with van der Waals surface area (Å²) >= 11 is 4.87. The lowest BCUT2D eigenvalue weighted by molar-refractivity contribution is -0.270. The molecule has 0 saturated carbocycles. The number of phosphoric ester groups is 1. The SMILES string of the molecule is CC(=O)NC1C(O)C(O)C(CO)O[C@H]1OCCCCC(=O)NCCCC[C@H](CC(=O)CCCCOC1OC(CO)[C@H](O)[C@H](O)[C@H]1NC(C)=O)C(=O)NCCCCCC(=O)CCCCCCC(=O)N1C[C@H](O)CC1COP(=O)([O-])O[C@@H]1CC(COP([O-])(=S)OCCO)N(C(=O)CCCCCN)C1. The number of likely N-dealkylation sites (tertiary alicyclic amines) is 2. The topological polar surface area (TPSA) is 516 Å². The van der Waals surface area contributed by atoms with Gasteiger partial charge >= 0.3 is 0 Å². The molecule has 0 aromatic rings. The molecular weight excluding hydrogens is 1390 g/mol. The molecule has 0 aromatic heterocycles. The first-order valence-electron chi connectivity index (χ1n) is 35.5. The van der Waals surface area contributed by atoms with Gasteiger partial charge in [0.2, 0.25) is 35.4 Å². The Morgan fingerprint density at radius 2 is 1.06 bits per heavy atom. The number of ether oxygens (including phenoxy) is 4. The Bertz CT molecular complexity index is 2610. The highest BCUT2D eigenvalue weighted by molar-refractivity contribution is 8.06. The molecule has 34 nitrogen and oxygen atoms in total. The van der Waals surface area contributed by atoms with E-state index in [9.17, 15) is 88.5 Å². The molecule has 17 atom stereocenters. The number of amides is 6. The van der Waals surface area contributed by atoms with E-state index in [0.29, 0.717) is 142 Å². The van der Waals surface area contributed by atoms with E-state index in [1.165, 1.54) is 23.6 Å². The maximum absolute atomic E-state index is 13.6. The first kappa shape index (κ1) is 89.7. The third kappa shape index (κ3) is 34.2. The molecule has 10 unspecified atom stereocenters. The number of phosphoric acid groups is 1. The van der Waals surface area contributed by atoms with Crippen molar-refractivity contribution in [3.63, 3.8) is 0 Å². The Morgan fingerprint density at radius 3 is 1.61 bits per heavy atom. The van der Waals surface area contributed by atoms with Gasteiger partial charge in [-0.1, -0.05) is 43.9 Å². The molecule has 6 amide bonds. The first-order chi connectivity index (χ1) is 48.1. The Hall–Kier alpha value is -3.72. The zero-order valence-corrected chi connectivity index (χ0v) is 61.0. The van der Waals surface area contributed by atoms with Crippen LogP contribution in [0.25, 0.3) is 0 Å². The summed E-state index contributed by atoms with van der Waals surface area (Å²) in [5.41, 5.74) is 5.57. The fourth-order valence-corrected chi connectivity index (χ4v) is 14.5. The zero-order valence-electron chi connectivity index (χ0n) is 58.3. The third-order valence-electron chi connectivity index (χ3n) is 17.9. The maximum atomic E-state index is 13.6. The van der Waals surface area contributed by atoms with Gasteiger partial charge in [0.05, 0.1) is 63.9 Å². The maximum Gasteiger partial charge on any atom is 0.268 e. The summed E-state index contributed by atoms with van der Waals surface area (Å²) in [6, 6.07) is -3.75. The summed E-state index contributed by atoms with van der Waals surface area (Å²) in [5, 5.41) is 91.1. The molecule has 4 aliphatic heterocycles. The van der Waals surface area contributed by atoms with Gasteiger partial charge in [-0.2, -0.15) is 0 Å². The minimum Gasteiger partial charge on any atom is -0.780 e. The monoisotopic (exact) mass is 1510 g/mol. The predicted octanol–water partition coefficient (Wildman–Crippen LogP) is -1.74. The smallest absolute Gasteiger partial charge is 0.268 e. The minimum atomic E-state index is -5.04. The van der Waals surface area contributed by atoms with Gasteiger partial charge in [-0.05, 0) is 96.4 Å². The van der Waals surface area contributed by atoms with Crippen molar-refractivity contribution in [2.45, 2.75) is 266 Å². The van der Waals surface area contributed by atoms with Crippen LogP contribution >= 0.6 is 14.5 Å². The number of rotatable bonds is 53. The molecular formula is C64H113N7O27P2S-2. The number of nitrogens with two attached hydrogens (primary N) is 1. The average Bonchev–Trinajstić information content (AvgIpc) is 1.04. The number of hydrogen-bond donors (Lipinski definition) is 13. The van der Waals surface area contributed by atoms with Gasteiger partial charge < -0.3 is 124 Å². The number of unbranched alkanes of at least 4 members (excludes halogenated alkanes) is 10. The van der Waals surface area contributed by atoms with Crippen molar-refractivity contribution in [2.24, 2.45) is 11.7 Å². The van der Waals surface area contributed by atoms with E-state index in [1.807, 2.05) is 0 Å². The minimum absolute atomic E-state index is 0.0189. The average molecular weight is 1510 g/mol. The molecule has 37 heteroatoms. The Morgan fingerprint density at radius 1 is 0.574 bits per heavy atom. The second kappa shape index (κ2) is 48.5. The molecule has 4 aliphatic rings. The number of aliphatic hydroxyl groups excluding tert-OH is 8.